The van der Waals surface area contributed by atoms with Gasteiger partial charge in [-0.15, -0.1) is 0 Å². The van der Waals surface area contributed by atoms with Gasteiger partial charge >= 0.3 is 12.1 Å². The van der Waals surface area contributed by atoms with E-state index < -0.39 is 41.3 Å². The zero-order valence-corrected chi connectivity index (χ0v) is 20.8. The Morgan fingerprint density at radius 2 is 1.64 bits per heavy atom. The Bertz CT molecular complexity index is 1230. The number of amides is 1. The van der Waals surface area contributed by atoms with E-state index in [0.29, 0.717) is 6.42 Å². The van der Waals surface area contributed by atoms with Crippen molar-refractivity contribution in [3.05, 3.63) is 82.3 Å². The minimum atomic E-state index is -4.76. The molecule has 0 aliphatic rings. The molecule has 3 aromatic carbocycles. The maximum Gasteiger partial charge on any atom is 0.420 e. The molecule has 0 saturated heterocycles. The smallest absolute Gasteiger partial charge is 0.420 e. The van der Waals surface area contributed by atoms with Gasteiger partial charge in [-0.3, -0.25) is 9.59 Å². The van der Waals surface area contributed by atoms with Crippen LogP contribution in [0.4, 0.5) is 18.9 Å². The first-order chi connectivity index (χ1) is 16.9. The first kappa shape index (κ1) is 27.2. The molecule has 10 heteroatoms. The molecule has 3 aromatic rings. The molecule has 1 atom stereocenters. The lowest BCUT2D eigenvalue weighted by molar-refractivity contribution is -0.140. The summed E-state index contributed by atoms with van der Waals surface area (Å²) in [6, 6.07) is 19.3. The van der Waals surface area contributed by atoms with Gasteiger partial charge in [0.15, 0.2) is 0 Å². The molecule has 1 amide bonds. The van der Waals surface area contributed by atoms with Crippen molar-refractivity contribution in [2.45, 2.75) is 31.5 Å². The van der Waals surface area contributed by atoms with Crippen LogP contribution in [0, 0.1) is 0 Å². The number of nitrogens with one attached hydrogen (secondary N) is 1. The predicted molar refractivity (Wildman–Crippen MR) is 134 cm³/mol. The van der Waals surface area contributed by atoms with Crippen LogP contribution in [0.25, 0.3) is 11.1 Å². The number of benzene rings is 3. The second-order valence-corrected chi connectivity index (χ2v) is 9.28. The van der Waals surface area contributed by atoms with Gasteiger partial charge < -0.3 is 20.9 Å². The molecule has 0 unspecified atom stereocenters. The quantitative estimate of drug-likeness (QED) is 0.301. The molecule has 0 spiro atoms. The number of nitrogens with two attached hydrogens (primary N) is 1. The average Bonchev–Trinajstić information content (AvgIpc) is 2.80. The number of ether oxygens (including phenoxy) is 1. The van der Waals surface area contributed by atoms with Crippen LogP contribution in [0.15, 0.2) is 71.2 Å². The lowest BCUT2D eigenvalue weighted by atomic mass is 9.98. The number of carbonyl (C=O) groups is 2. The van der Waals surface area contributed by atoms with Gasteiger partial charge in [0.25, 0.3) is 0 Å². The van der Waals surface area contributed by atoms with Crippen molar-refractivity contribution >= 4 is 33.5 Å². The molecule has 0 radical (unpaired) electrons. The lowest BCUT2D eigenvalue weighted by Gasteiger charge is -2.23. The van der Waals surface area contributed by atoms with E-state index in [1.54, 1.807) is 0 Å². The molecule has 0 saturated carbocycles. The third-order valence-corrected chi connectivity index (χ3v) is 6.03. The highest BCUT2D eigenvalue weighted by molar-refractivity contribution is 9.10. The maximum absolute atomic E-state index is 13.7. The fourth-order valence-electron chi connectivity index (χ4n) is 3.42. The second kappa shape index (κ2) is 11.1. The van der Waals surface area contributed by atoms with Crippen molar-refractivity contribution in [3.8, 4) is 16.9 Å². The Hall–Kier alpha value is -3.37. The van der Waals surface area contributed by atoms with E-state index in [-0.39, 0.29) is 16.8 Å². The maximum atomic E-state index is 13.7. The van der Waals surface area contributed by atoms with Crippen LogP contribution in [0.2, 0.25) is 0 Å². The SMILES string of the molecule is C[C@](N)(CC(=O)O)C(=O)Nc1cc(C(F)(F)F)c(OCCc2ccc(-c3ccccc3)cc2)cc1Br. The first-order valence-electron chi connectivity index (χ1n) is 10.9. The van der Waals surface area contributed by atoms with Gasteiger partial charge in [0.05, 0.1) is 24.3 Å². The minimum Gasteiger partial charge on any atom is -0.493 e. The monoisotopic (exact) mass is 564 g/mol. The molecule has 0 aliphatic carbocycles. The van der Waals surface area contributed by atoms with Crippen molar-refractivity contribution in [2.24, 2.45) is 5.73 Å². The van der Waals surface area contributed by atoms with Gasteiger partial charge in [-0.2, -0.15) is 13.2 Å². The zero-order chi connectivity index (χ0) is 26.5. The van der Waals surface area contributed by atoms with Crippen LogP contribution in [-0.4, -0.2) is 29.1 Å². The van der Waals surface area contributed by atoms with Crippen LogP contribution in [0.1, 0.15) is 24.5 Å². The van der Waals surface area contributed by atoms with Crippen molar-refractivity contribution < 1.29 is 32.6 Å². The van der Waals surface area contributed by atoms with E-state index in [4.69, 9.17) is 15.6 Å². The van der Waals surface area contributed by atoms with Crippen molar-refractivity contribution in [2.75, 3.05) is 11.9 Å². The first-order valence-corrected chi connectivity index (χ1v) is 11.7. The van der Waals surface area contributed by atoms with Gasteiger partial charge in [0.1, 0.15) is 11.3 Å². The normalized spacial score (nSPS) is 13.1. The molecular weight excluding hydrogens is 541 g/mol. The standard InChI is InChI=1S/C26H24BrF3N2O4/c1-25(31,15-23(33)34)24(35)32-21-13-19(26(28,29)30)22(14-20(21)27)36-12-11-16-7-9-18(10-8-16)17-5-3-2-4-6-17/h2-10,13-14H,11-12,15,31H2,1H3,(H,32,35)(H,33,34)/t25-/m0/s1. The van der Waals surface area contributed by atoms with E-state index in [2.05, 4.69) is 21.2 Å². The molecule has 0 aliphatic heterocycles. The van der Waals surface area contributed by atoms with E-state index in [0.717, 1.165) is 28.8 Å². The number of aliphatic carboxylic acids is 1. The molecule has 6 nitrogen and oxygen atoms in total. The van der Waals surface area contributed by atoms with Crippen LogP contribution in [0.5, 0.6) is 5.75 Å². The summed E-state index contributed by atoms with van der Waals surface area (Å²) in [5, 5.41) is 11.2. The molecular formula is C26H24BrF3N2O4. The minimum absolute atomic E-state index is 0.00854. The highest BCUT2D eigenvalue weighted by Crippen LogP contribution is 2.41. The van der Waals surface area contributed by atoms with Gasteiger partial charge in [0.2, 0.25) is 5.91 Å². The van der Waals surface area contributed by atoms with Crippen molar-refractivity contribution in [1.29, 1.82) is 0 Å². The Kier molecular flexibility index (Phi) is 8.42. The summed E-state index contributed by atoms with van der Waals surface area (Å²) in [4.78, 5) is 23.3. The molecule has 0 aromatic heterocycles. The molecule has 0 heterocycles. The summed E-state index contributed by atoms with van der Waals surface area (Å²) in [6.45, 7) is 1.17. The lowest BCUT2D eigenvalue weighted by Crippen LogP contribution is -2.50. The Morgan fingerprint density at radius 1 is 1.03 bits per heavy atom. The molecule has 4 N–H and O–H groups in total. The van der Waals surface area contributed by atoms with E-state index in [9.17, 15) is 22.8 Å². The number of hydrogen-bond acceptors (Lipinski definition) is 4. The Morgan fingerprint density at radius 3 is 2.22 bits per heavy atom. The predicted octanol–water partition coefficient (Wildman–Crippen LogP) is 5.89. The fraction of sp³-hybridized carbons (Fsp3) is 0.231. The average molecular weight is 565 g/mol. The zero-order valence-electron chi connectivity index (χ0n) is 19.2. The van der Waals surface area contributed by atoms with Crippen LogP contribution < -0.4 is 15.8 Å². The Labute approximate surface area is 214 Å². The van der Waals surface area contributed by atoms with Crippen LogP contribution in [0.3, 0.4) is 0 Å². The summed E-state index contributed by atoms with van der Waals surface area (Å²) in [5.41, 5.74) is 5.58. The number of carbonyl (C=O) groups excluding carboxylic acids is 1. The molecule has 190 valence electrons. The third-order valence-electron chi connectivity index (χ3n) is 5.37. The largest absolute Gasteiger partial charge is 0.493 e. The third kappa shape index (κ3) is 7.08. The number of rotatable bonds is 9. The van der Waals surface area contributed by atoms with Gasteiger partial charge in [-0.25, -0.2) is 0 Å². The second-order valence-electron chi connectivity index (χ2n) is 8.43. The van der Waals surface area contributed by atoms with Crippen LogP contribution in [-0.2, 0) is 22.2 Å². The van der Waals surface area contributed by atoms with E-state index >= 15 is 0 Å². The number of hydrogen-bond donors (Lipinski definition) is 3. The number of carboxylic acid groups (broad SMARTS) is 1. The molecule has 0 fully saturated rings. The van der Waals surface area contributed by atoms with Crippen molar-refractivity contribution in [3.63, 3.8) is 0 Å². The number of carboxylic acids is 1. The topological polar surface area (TPSA) is 102 Å². The van der Waals surface area contributed by atoms with Crippen LogP contribution >= 0.6 is 15.9 Å². The van der Waals surface area contributed by atoms with Gasteiger partial charge in [-0.1, -0.05) is 54.6 Å². The summed E-state index contributed by atoms with van der Waals surface area (Å²) < 4.78 is 46.8. The number of halogens is 4. The fourth-order valence-corrected chi connectivity index (χ4v) is 3.85. The number of anilines is 1. The molecule has 3 rings (SSSR count). The molecule has 36 heavy (non-hydrogen) atoms. The summed E-state index contributed by atoms with van der Waals surface area (Å²) in [6.07, 6.45) is -5.08. The van der Waals surface area contributed by atoms with E-state index in [1.165, 1.54) is 6.92 Å². The highest BCUT2D eigenvalue weighted by Gasteiger charge is 2.37. The van der Waals surface area contributed by atoms with Crippen molar-refractivity contribution in [1.82, 2.24) is 0 Å². The van der Waals surface area contributed by atoms with E-state index in [1.807, 2.05) is 54.6 Å². The summed E-state index contributed by atoms with van der Waals surface area (Å²) in [5.74, 6) is -2.66. The van der Waals surface area contributed by atoms with Gasteiger partial charge in [-0.05, 0) is 51.7 Å². The number of alkyl halides is 3. The Balaban J connectivity index is 1.72. The molecule has 0 bridgehead atoms. The summed E-state index contributed by atoms with van der Waals surface area (Å²) >= 11 is 3.14. The van der Waals surface area contributed by atoms with Gasteiger partial charge in [0, 0.05) is 10.9 Å². The highest BCUT2D eigenvalue weighted by atomic mass is 79.9. The summed E-state index contributed by atoms with van der Waals surface area (Å²) in [7, 11) is 0.